The molecule has 8 atom stereocenters. The fraction of sp³-hybridized carbons (Fsp3) is 0.895. The lowest BCUT2D eigenvalue weighted by molar-refractivity contribution is -0.220. The molecule has 0 bridgehead atoms. The Morgan fingerprint density at radius 1 is 0.423 bits per heavy atom. The van der Waals surface area contributed by atoms with Gasteiger partial charge in [0.1, 0.15) is 43.2 Å². The van der Waals surface area contributed by atoms with E-state index < -0.39 is 75.7 Å². The largest absolute Gasteiger partial charge is 0.472 e. The molecule has 0 saturated heterocycles. The van der Waals surface area contributed by atoms with Crippen LogP contribution in [0.5, 0.6) is 0 Å². The van der Waals surface area contributed by atoms with Gasteiger partial charge in [-0.05, 0) is 57.8 Å². The molecule has 0 radical (unpaired) electrons. The minimum absolute atomic E-state index is 0.0918. The summed E-state index contributed by atoms with van der Waals surface area (Å²) < 4.78 is 33.7. The van der Waals surface area contributed by atoms with Crippen LogP contribution in [0.25, 0.3) is 0 Å². The molecule has 0 spiro atoms. The molecule has 0 aromatic carbocycles. The van der Waals surface area contributed by atoms with Gasteiger partial charge in [-0.25, -0.2) is 4.57 Å². The summed E-state index contributed by atoms with van der Waals surface area (Å²) in [5.74, 6) is -1.13. The molecule has 1 saturated carbocycles. The van der Waals surface area contributed by atoms with Crippen molar-refractivity contribution >= 4 is 19.8 Å². The number of esters is 2. The number of aliphatic hydroxyl groups is 5. The Balaban J connectivity index is 2.33. The predicted molar refractivity (Wildman–Crippen MR) is 286 cm³/mol. The Labute approximate surface area is 432 Å². The summed E-state index contributed by atoms with van der Waals surface area (Å²) >= 11 is 0. The molecule has 1 fully saturated rings. The Bertz CT molecular complexity index is 1330. The normalized spacial score (nSPS) is 20.7. The van der Waals surface area contributed by atoms with Crippen LogP contribution < -0.4 is 0 Å². The van der Waals surface area contributed by atoms with E-state index in [9.17, 15) is 44.6 Å². The summed E-state index contributed by atoms with van der Waals surface area (Å²) in [5, 5.41) is 50.4. The van der Waals surface area contributed by atoms with Gasteiger partial charge in [-0.3, -0.25) is 18.6 Å². The lowest BCUT2D eigenvalue weighted by atomic mass is 9.85. The monoisotopic (exact) mass is 1030 g/mol. The Kier molecular flexibility index (Phi) is 44.4. The van der Waals surface area contributed by atoms with E-state index in [2.05, 4.69) is 38.2 Å². The number of allylic oxidation sites excluding steroid dienone is 4. The van der Waals surface area contributed by atoms with Crippen molar-refractivity contribution in [3.8, 4) is 0 Å². The van der Waals surface area contributed by atoms with Crippen LogP contribution in [0.1, 0.15) is 271 Å². The molecule has 6 N–H and O–H groups in total. The summed E-state index contributed by atoms with van der Waals surface area (Å²) in [7, 11) is -5.13. The zero-order valence-corrected chi connectivity index (χ0v) is 45.9. The highest BCUT2D eigenvalue weighted by molar-refractivity contribution is 7.47. The third-order valence-corrected chi connectivity index (χ3v) is 14.8. The number of phosphoric ester groups is 1. The van der Waals surface area contributed by atoms with Crippen molar-refractivity contribution < 1.29 is 63.1 Å². The van der Waals surface area contributed by atoms with E-state index in [-0.39, 0.29) is 12.8 Å². The van der Waals surface area contributed by atoms with Crippen LogP contribution in [0.3, 0.4) is 0 Å². The average molecular weight is 1030 g/mol. The molecule has 0 amide bonds. The Morgan fingerprint density at radius 3 is 1.11 bits per heavy atom. The van der Waals surface area contributed by atoms with E-state index in [0.29, 0.717) is 19.3 Å². The van der Waals surface area contributed by atoms with Gasteiger partial charge in [-0.1, -0.05) is 224 Å². The molecule has 6 unspecified atom stereocenters. The molecule has 1 aliphatic carbocycles. The van der Waals surface area contributed by atoms with Crippen LogP contribution in [0.4, 0.5) is 0 Å². The first-order valence-electron chi connectivity index (χ1n) is 29.1. The molecule has 71 heavy (non-hydrogen) atoms. The first-order valence-corrected chi connectivity index (χ1v) is 30.6. The van der Waals surface area contributed by atoms with E-state index in [1.165, 1.54) is 180 Å². The molecule has 0 heterocycles. The van der Waals surface area contributed by atoms with E-state index >= 15 is 0 Å². The number of carbonyl (C=O) groups is 2. The third-order valence-electron chi connectivity index (χ3n) is 13.8. The summed E-state index contributed by atoms with van der Waals surface area (Å²) in [4.78, 5) is 35.9. The Hall–Kier alpha value is -1.67. The van der Waals surface area contributed by atoms with Gasteiger partial charge in [-0.2, -0.15) is 0 Å². The highest BCUT2D eigenvalue weighted by Crippen LogP contribution is 2.47. The lowest BCUT2D eigenvalue weighted by Gasteiger charge is -2.41. The second kappa shape index (κ2) is 46.8. The molecule has 0 aromatic heterocycles. The zero-order chi connectivity index (χ0) is 52.1. The molecule has 1 rings (SSSR count). The van der Waals surface area contributed by atoms with Crippen molar-refractivity contribution in [3.05, 3.63) is 24.3 Å². The van der Waals surface area contributed by atoms with Crippen molar-refractivity contribution in [2.75, 3.05) is 13.2 Å². The van der Waals surface area contributed by atoms with Gasteiger partial charge in [0.05, 0.1) is 6.61 Å². The van der Waals surface area contributed by atoms with Crippen molar-refractivity contribution in [2.45, 2.75) is 313 Å². The maximum Gasteiger partial charge on any atom is 0.472 e. The molecule has 13 nitrogen and oxygen atoms in total. The summed E-state index contributed by atoms with van der Waals surface area (Å²) in [6.07, 6.45) is 42.4. The predicted octanol–water partition coefficient (Wildman–Crippen LogP) is 13.5. The van der Waals surface area contributed by atoms with Crippen molar-refractivity contribution in [1.82, 2.24) is 0 Å². The van der Waals surface area contributed by atoms with E-state index in [1.807, 2.05) is 0 Å². The number of rotatable bonds is 50. The molecule has 418 valence electrons. The highest BCUT2D eigenvalue weighted by Gasteiger charge is 2.51. The van der Waals surface area contributed by atoms with Gasteiger partial charge >= 0.3 is 19.8 Å². The number of carbonyl (C=O) groups excluding carboxylic acids is 2. The van der Waals surface area contributed by atoms with E-state index in [0.717, 1.165) is 44.9 Å². The number of hydrogen-bond acceptors (Lipinski definition) is 12. The van der Waals surface area contributed by atoms with Gasteiger partial charge in [0.15, 0.2) is 6.10 Å². The summed E-state index contributed by atoms with van der Waals surface area (Å²) in [6.45, 7) is 3.33. The van der Waals surface area contributed by atoms with Crippen LogP contribution >= 0.6 is 7.82 Å². The van der Waals surface area contributed by atoms with Gasteiger partial charge < -0.3 is 39.9 Å². The van der Waals surface area contributed by atoms with Crippen LogP contribution in [0.15, 0.2) is 24.3 Å². The number of ether oxygens (including phenoxy) is 2. The molecule has 1 aliphatic rings. The fourth-order valence-corrected chi connectivity index (χ4v) is 10.1. The van der Waals surface area contributed by atoms with E-state index in [4.69, 9.17) is 18.5 Å². The molecular formula is C57H107O13P. The maximum absolute atomic E-state index is 12.9. The first-order chi connectivity index (χ1) is 34.4. The number of hydrogen-bond donors (Lipinski definition) is 6. The first kappa shape index (κ1) is 67.3. The van der Waals surface area contributed by atoms with Crippen molar-refractivity contribution in [1.29, 1.82) is 0 Å². The molecular weight excluding hydrogens is 924 g/mol. The minimum atomic E-state index is -5.13. The standard InChI is InChI=1S/C57H107O13P/c1-3-5-7-9-11-13-15-17-19-21-23-24-25-26-28-29-31-33-35-37-39-41-43-45-50(58)67-47-49(48-68-71(65,66)70-57-55(63)53(61)52(60)54(62)56(57)64)69-51(59)46-44-42-40-38-36-34-32-30-27-22-20-18-16-14-12-10-8-6-4-2/h18,20,37,39,49,52-57,60-64H,3-17,19,21-36,38,40-48H2,1-2H3,(H,65,66)/b20-18+,39-37+/t49-,52?,53-,54?,55?,56?,57?/m0/s1. The highest BCUT2D eigenvalue weighted by atomic mass is 31.2. The number of phosphoric acid groups is 1. The third kappa shape index (κ3) is 38.5. The van der Waals surface area contributed by atoms with E-state index in [1.54, 1.807) is 0 Å². The second-order valence-electron chi connectivity index (χ2n) is 20.5. The van der Waals surface area contributed by atoms with Crippen LogP contribution in [-0.4, -0.2) is 98.3 Å². The Morgan fingerprint density at radius 2 is 0.732 bits per heavy atom. The zero-order valence-electron chi connectivity index (χ0n) is 45.0. The van der Waals surface area contributed by atoms with Crippen LogP contribution in [-0.2, 0) is 32.7 Å². The smallest absolute Gasteiger partial charge is 0.462 e. The van der Waals surface area contributed by atoms with Crippen molar-refractivity contribution in [3.63, 3.8) is 0 Å². The maximum atomic E-state index is 12.9. The van der Waals surface area contributed by atoms with Gasteiger partial charge in [-0.15, -0.1) is 0 Å². The lowest BCUT2D eigenvalue weighted by Crippen LogP contribution is -2.64. The number of unbranched alkanes of at least 4 members (excludes halogenated alkanes) is 34. The number of aliphatic hydroxyl groups excluding tert-OH is 5. The van der Waals surface area contributed by atoms with Crippen LogP contribution in [0.2, 0.25) is 0 Å². The summed E-state index contributed by atoms with van der Waals surface area (Å²) in [5.41, 5.74) is 0. The topological polar surface area (TPSA) is 210 Å². The van der Waals surface area contributed by atoms with Gasteiger partial charge in [0.25, 0.3) is 0 Å². The fourth-order valence-electron chi connectivity index (χ4n) is 9.11. The molecule has 0 aromatic rings. The quantitative estimate of drug-likeness (QED) is 0.0145. The average Bonchev–Trinajstić information content (AvgIpc) is 3.35. The molecule has 14 heteroatoms. The summed E-state index contributed by atoms with van der Waals surface area (Å²) in [6, 6.07) is 0. The van der Waals surface area contributed by atoms with Crippen LogP contribution in [0, 0.1) is 0 Å². The SMILES string of the molecule is CCCCCCCC/C=C/CCCCCCCCCCCC(=O)O[C@@H](COC(=O)CCC/C=C/CCCCCCCCCCCCCCCCCCCC)COP(=O)(O)OC1C(O)C(O)C(O)[C@H](O)C1O. The van der Waals surface area contributed by atoms with Crippen molar-refractivity contribution in [2.24, 2.45) is 0 Å². The van der Waals surface area contributed by atoms with Gasteiger partial charge in [0.2, 0.25) is 0 Å². The molecule has 0 aliphatic heterocycles. The second-order valence-corrected chi connectivity index (χ2v) is 21.9. The van der Waals surface area contributed by atoms with Gasteiger partial charge in [0, 0.05) is 12.8 Å². The minimum Gasteiger partial charge on any atom is -0.462 e.